The standard InChI is InChI=1S/C65H67N3/c1-3-5-7-9-11-26-46-65(47-27-12-10-8-6-4-2)61-48-55(66(50-28-16-13-17-29-50)51-30-18-14-19-31-51)42-44-57(61)58-45-43-56(49-62(58)65)67(52-32-20-15-21-33-52)53-38-40-54(41-39-53)68-63-36-24-22-34-59(63)60-35-23-25-37-64(60)68/h13-25,28-45,48-49H,3-12,26-27,46-47H2,1-2H3. The summed E-state index contributed by atoms with van der Waals surface area (Å²) in [4.78, 5) is 4.94. The number of benzene rings is 8. The smallest absolute Gasteiger partial charge is 0.0541 e. The van der Waals surface area contributed by atoms with Crippen molar-refractivity contribution in [1.29, 1.82) is 0 Å². The number of fused-ring (bicyclic) bond motifs is 6. The summed E-state index contributed by atoms with van der Waals surface area (Å²) < 4.78 is 2.41. The van der Waals surface area contributed by atoms with Gasteiger partial charge in [-0.3, -0.25) is 0 Å². The molecule has 0 fully saturated rings. The number of hydrogen-bond acceptors (Lipinski definition) is 2. The Balaban J connectivity index is 1.10. The van der Waals surface area contributed by atoms with E-state index in [1.165, 1.54) is 144 Å². The number of rotatable bonds is 21. The molecule has 3 heteroatoms. The van der Waals surface area contributed by atoms with Crippen LogP contribution in [0.2, 0.25) is 0 Å². The highest BCUT2D eigenvalue weighted by atomic mass is 15.1. The lowest BCUT2D eigenvalue weighted by Gasteiger charge is -2.35. The normalized spacial score (nSPS) is 12.6. The molecule has 342 valence electrons. The van der Waals surface area contributed by atoms with Crippen LogP contribution in [0.1, 0.15) is 115 Å². The molecule has 0 radical (unpaired) electrons. The van der Waals surface area contributed by atoms with Gasteiger partial charge < -0.3 is 14.4 Å². The van der Waals surface area contributed by atoms with Crippen molar-refractivity contribution in [3.05, 3.63) is 211 Å². The van der Waals surface area contributed by atoms with Crippen molar-refractivity contribution in [2.45, 2.75) is 109 Å². The van der Waals surface area contributed by atoms with Crippen LogP contribution in [0, 0.1) is 0 Å². The average Bonchev–Trinajstić information content (AvgIpc) is 3.87. The third kappa shape index (κ3) is 8.99. The first kappa shape index (κ1) is 45.0. The van der Waals surface area contributed by atoms with Crippen LogP contribution in [0.5, 0.6) is 0 Å². The molecule has 0 atom stereocenters. The summed E-state index contributed by atoms with van der Waals surface area (Å²) >= 11 is 0. The van der Waals surface area contributed by atoms with Gasteiger partial charge >= 0.3 is 0 Å². The Morgan fingerprint density at radius 2 is 0.691 bits per heavy atom. The van der Waals surface area contributed by atoms with Crippen molar-refractivity contribution in [2.24, 2.45) is 0 Å². The molecular weight excluding hydrogens is 823 g/mol. The molecule has 0 bridgehead atoms. The zero-order valence-electron chi connectivity index (χ0n) is 40.3. The number of hydrogen-bond donors (Lipinski definition) is 0. The van der Waals surface area contributed by atoms with Crippen molar-refractivity contribution in [2.75, 3.05) is 9.80 Å². The minimum absolute atomic E-state index is 0.117. The largest absolute Gasteiger partial charge is 0.310 e. The van der Waals surface area contributed by atoms with Crippen molar-refractivity contribution < 1.29 is 0 Å². The Morgan fingerprint density at radius 3 is 1.12 bits per heavy atom. The summed E-state index contributed by atoms with van der Waals surface area (Å²) in [6.45, 7) is 4.65. The lowest BCUT2D eigenvalue weighted by molar-refractivity contribution is 0.398. The molecule has 0 saturated carbocycles. The predicted molar refractivity (Wildman–Crippen MR) is 292 cm³/mol. The van der Waals surface area contributed by atoms with E-state index in [-0.39, 0.29) is 5.41 Å². The molecule has 68 heavy (non-hydrogen) atoms. The summed E-state index contributed by atoms with van der Waals surface area (Å²) in [5.74, 6) is 0. The maximum Gasteiger partial charge on any atom is 0.0541 e. The topological polar surface area (TPSA) is 11.4 Å². The van der Waals surface area contributed by atoms with Gasteiger partial charge in [-0.05, 0) is 132 Å². The molecule has 1 aliphatic rings. The molecule has 1 aliphatic carbocycles. The molecule has 1 aromatic heterocycles. The van der Waals surface area contributed by atoms with E-state index >= 15 is 0 Å². The van der Waals surface area contributed by atoms with Gasteiger partial charge in [0.15, 0.2) is 0 Å². The number of nitrogens with zero attached hydrogens (tertiary/aromatic N) is 3. The summed E-state index contributed by atoms with van der Waals surface area (Å²) in [5, 5.41) is 2.56. The molecule has 1 heterocycles. The van der Waals surface area contributed by atoms with Crippen LogP contribution in [0.15, 0.2) is 200 Å². The Hall–Kier alpha value is -6.84. The Bertz CT molecular complexity index is 2930. The number of anilines is 6. The molecule has 0 N–H and O–H groups in total. The molecular formula is C65H67N3. The van der Waals surface area contributed by atoms with E-state index in [9.17, 15) is 0 Å². The quantitative estimate of drug-likeness (QED) is 0.0666. The Labute approximate surface area is 405 Å². The van der Waals surface area contributed by atoms with Crippen molar-refractivity contribution in [3.8, 4) is 16.8 Å². The number of aromatic nitrogens is 1. The van der Waals surface area contributed by atoms with Gasteiger partial charge in [0.05, 0.1) is 11.0 Å². The monoisotopic (exact) mass is 890 g/mol. The van der Waals surface area contributed by atoms with Gasteiger partial charge in [0.25, 0.3) is 0 Å². The van der Waals surface area contributed by atoms with E-state index in [0.29, 0.717) is 0 Å². The van der Waals surface area contributed by atoms with Crippen LogP contribution in [0.4, 0.5) is 34.1 Å². The third-order valence-electron chi connectivity index (χ3n) is 14.7. The maximum absolute atomic E-state index is 2.60. The molecule has 0 aliphatic heterocycles. The first-order valence-electron chi connectivity index (χ1n) is 25.8. The van der Waals surface area contributed by atoms with Gasteiger partial charge in [-0.25, -0.2) is 0 Å². The number of para-hydroxylation sites is 5. The van der Waals surface area contributed by atoms with E-state index in [4.69, 9.17) is 0 Å². The van der Waals surface area contributed by atoms with E-state index in [0.717, 1.165) is 29.9 Å². The van der Waals surface area contributed by atoms with Crippen molar-refractivity contribution in [1.82, 2.24) is 4.57 Å². The fourth-order valence-electron chi connectivity index (χ4n) is 11.4. The van der Waals surface area contributed by atoms with Crippen LogP contribution in [-0.2, 0) is 5.41 Å². The fourth-order valence-corrected chi connectivity index (χ4v) is 11.4. The van der Waals surface area contributed by atoms with Gasteiger partial charge in [-0.2, -0.15) is 0 Å². The second-order valence-corrected chi connectivity index (χ2v) is 19.1. The van der Waals surface area contributed by atoms with Gasteiger partial charge in [-0.15, -0.1) is 0 Å². The molecule has 0 saturated heterocycles. The zero-order valence-corrected chi connectivity index (χ0v) is 40.3. The molecule has 3 nitrogen and oxygen atoms in total. The average molecular weight is 890 g/mol. The molecule has 0 amide bonds. The van der Waals surface area contributed by atoms with Gasteiger partial charge in [0.2, 0.25) is 0 Å². The summed E-state index contributed by atoms with van der Waals surface area (Å²) in [6.07, 6.45) is 17.8. The third-order valence-corrected chi connectivity index (χ3v) is 14.7. The Kier molecular flexibility index (Phi) is 13.9. The van der Waals surface area contributed by atoms with E-state index < -0.39 is 0 Å². The minimum Gasteiger partial charge on any atom is -0.310 e. The molecule has 0 spiro atoms. The van der Waals surface area contributed by atoms with Gasteiger partial charge in [-0.1, -0.05) is 194 Å². The van der Waals surface area contributed by atoms with Crippen LogP contribution >= 0.6 is 0 Å². The maximum atomic E-state index is 2.60. The summed E-state index contributed by atoms with van der Waals surface area (Å²) in [5.41, 5.74) is 16.4. The highest BCUT2D eigenvalue weighted by Crippen LogP contribution is 2.57. The van der Waals surface area contributed by atoms with Crippen LogP contribution < -0.4 is 9.80 Å². The Morgan fingerprint density at radius 1 is 0.338 bits per heavy atom. The lowest BCUT2D eigenvalue weighted by Crippen LogP contribution is -2.26. The molecule has 0 unspecified atom stereocenters. The van der Waals surface area contributed by atoms with Gasteiger partial charge in [0, 0.05) is 56.0 Å². The van der Waals surface area contributed by atoms with Crippen molar-refractivity contribution in [3.63, 3.8) is 0 Å². The minimum atomic E-state index is -0.117. The highest BCUT2D eigenvalue weighted by molar-refractivity contribution is 6.09. The predicted octanol–water partition coefficient (Wildman–Crippen LogP) is 19.5. The second kappa shape index (κ2) is 21.0. The van der Waals surface area contributed by atoms with E-state index in [1.54, 1.807) is 0 Å². The highest BCUT2D eigenvalue weighted by Gasteiger charge is 2.43. The summed E-state index contributed by atoms with van der Waals surface area (Å²) in [7, 11) is 0. The van der Waals surface area contributed by atoms with E-state index in [1.807, 2.05) is 0 Å². The molecule has 9 aromatic rings. The molecule has 8 aromatic carbocycles. The second-order valence-electron chi connectivity index (χ2n) is 19.1. The summed E-state index contributed by atoms with van der Waals surface area (Å²) in [6, 6.07) is 74.5. The first-order valence-corrected chi connectivity index (χ1v) is 25.8. The zero-order chi connectivity index (χ0) is 46.1. The van der Waals surface area contributed by atoms with E-state index in [2.05, 4.69) is 228 Å². The SMILES string of the molecule is CCCCCCCCC1(CCCCCCCC)c2cc(N(c3ccccc3)c3ccccc3)ccc2-c2ccc(N(c3ccccc3)c3ccc(-n4c5ccccc5c5ccccc54)cc3)cc21. The number of unbranched alkanes of at least 4 members (excludes halogenated alkanes) is 10. The van der Waals surface area contributed by atoms with Crippen LogP contribution in [-0.4, -0.2) is 4.57 Å². The van der Waals surface area contributed by atoms with Gasteiger partial charge in [0.1, 0.15) is 0 Å². The molecule has 10 rings (SSSR count). The lowest BCUT2D eigenvalue weighted by atomic mass is 9.70. The van der Waals surface area contributed by atoms with Crippen LogP contribution in [0.3, 0.4) is 0 Å². The van der Waals surface area contributed by atoms with Crippen LogP contribution in [0.25, 0.3) is 38.6 Å². The fraction of sp³-hybridized carbons (Fsp3) is 0.262. The van der Waals surface area contributed by atoms with Crippen molar-refractivity contribution >= 4 is 55.9 Å². The first-order chi connectivity index (χ1) is 33.7.